The van der Waals surface area contributed by atoms with Crippen LogP contribution in [0.2, 0.25) is 0 Å². The summed E-state index contributed by atoms with van der Waals surface area (Å²) in [7, 11) is 0. The van der Waals surface area contributed by atoms with Crippen molar-refractivity contribution in [1.82, 2.24) is 10.2 Å². The number of carboxylic acids is 1. The molecule has 2 aliphatic rings. The molecule has 0 aromatic rings. The van der Waals surface area contributed by atoms with Gasteiger partial charge in [-0.05, 0) is 20.8 Å². The summed E-state index contributed by atoms with van der Waals surface area (Å²) in [4.78, 5) is 36.1. The summed E-state index contributed by atoms with van der Waals surface area (Å²) in [6, 6.07) is -2.23. The molecule has 0 saturated carbocycles. The minimum Gasteiger partial charge on any atom is -0.480 e. The van der Waals surface area contributed by atoms with Gasteiger partial charge in [0, 0.05) is 4.75 Å². The van der Waals surface area contributed by atoms with E-state index in [0.717, 1.165) is 0 Å². The van der Waals surface area contributed by atoms with Crippen molar-refractivity contribution in [2.24, 2.45) is 5.73 Å². The van der Waals surface area contributed by atoms with Crippen LogP contribution in [-0.2, 0) is 14.4 Å². The number of nitrogens with one attached hydrogen (secondary N) is 1. The molecule has 4 atom stereocenters. The van der Waals surface area contributed by atoms with E-state index in [1.807, 2.05) is 0 Å². The Labute approximate surface area is 114 Å². The van der Waals surface area contributed by atoms with Gasteiger partial charge in [-0.1, -0.05) is 0 Å². The summed E-state index contributed by atoms with van der Waals surface area (Å²) in [6.45, 7) is 5.10. The van der Waals surface area contributed by atoms with Crippen molar-refractivity contribution in [3.63, 3.8) is 0 Å². The van der Waals surface area contributed by atoms with Gasteiger partial charge in [0.15, 0.2) is 0 Å². The second-order valence-corrected chi connectivity index (χ2v) is 7.14. The first-order valence-electron chi connectivity index (χ1n) is 5.95. The fourth-order valence-electron chi connectivity index (χ4n) is 2.43. The Bertz CT molecular complexity index is 451. The van der Waals surface area contributed by atoms with E-state index < -0.39 is 34.7 Å². The molecule has 0 bridgehead atoms. The topological polar surface area (TPSA) is 113 Å². The van der Waals surface area contributed by atoms with E-state index in [1.165, 1.54) is 23.6 Å². The van der Waals surface area contributed by atoms with Crippen LogP contribution < -0.4 is 11.1 Å². The number of hydrogen-bond donors (Lipinski definition) is 3. The Morgan fingerprint density at radius 1 is 1.53 bits per heavy atom. The average molecular weight is 287 g/mol. The van der Waals surface area contributed by atoms with Crippen molar-refractivity contribution in [3.8, 4) is 0 Å². The largest absolute Gasteiger partial charge is 0.480 e. The number of fused-ring (bicyclic) bond motifs is 1. The van der Waals surface area contributed by atoms with Gasteiger partial charge in [0.25, 0.3) is 0 Å². The Kier molecular flexibility index (Phi) is 3.26. The highest BCUT2D eigenvalue weighted by molar-refractivity contribution is 8.01. The summed E-state index contributed by atoms with van der Waals surface area (Å²) >= 11 is 1.39. The second-order valence-electron chi connectivity index (χ2n) is 5.37. The number of nitrogens with two attached hydrogens (primary N) is 1. The highest BCUT2D eigenvalue weighted by Crippen LogP contribution is 2.50. The number of aliphatic carboxylic acids is 1. The van der Waals surface area contributed by atoms with E-state index >= 15 is 0 Å². The first kappa shape index (κ1) is 14.1. The maximum atomic E-state index is 12.0. The number of rotatable bonds is 3. The molecule has 4 N–H and O–H groups in total. The molecule has 2 heterocycles. The zero-order valence-corrected chi connectivity index (χ0v) is 11.7. The van der Waals surface area contributed by atoms with Gasteiger partial charge in [-0.2, -0.15) is 0 Å². The maximum Gasteiger partial charge on any atom is 0.327 e. The molecule has 0 spiro atoms. The molecular formula is C11H17N3O4S. The van der Waals surface area contributed by atoms with E-state index in [1.54, 1.807) is 13.8 Å². The molecule has 2 saturated heterocycles. The lowest BCUT2D eigenvalue weighted by atomic mass is 9.96. The molecule has 0 aliphatic carbocycles. The first-order valence-corrected chi connectivity index (χ1v) is 6.83. The van der Waals surface area contributed by atoms with Crippen LogP contribution in [-0.4, -0.2) is 56.0 Å². The van der Waals surface area contributed by atoms with Crippen LogP contribution in [0.15, 0.2) is 0 Å². The Hall–Kier alpha value is -1.28. The van der Waals surface area contributed by atoms with Crippen LogP contribution in [0, 0.1) is 0 Å². The molecule has 2 fully saturated rings. The van der Waals surface area contributed by atoms with Crippen LogP contribution in [0.3, 0.4) is 0 Å². The van der Waals surface area contributed by atoms with Crippen LogP contribution in [0.4, 0.5) is 0 Å². The third-order valence-corrected chi connectivity index (χ3v) is 4.96. The van der Waals surface area contributed by atoms with E-state index in [4.69, 9.17) is 5.73 Å². The van der Waals surface area contributed by atoms with Crippen LogP contribution in [0.5, 0.6) is 0 Å². The third-order valence-electron chi connectivity index (χ3n) is 3.39. The van der Waals surface area contributed by atoms with Crippen molar-refractivity contribution < 1.29 is 19.5 Å². The minimum atomic E-state index is -1.02. The molecule has 0 aromatic heterocycles. The van der Waals surface area contributed by atoms with Crippen LogP contribution in [0.25, 0.3) is 0 Å². The summed E-state index contributed by atoms with van der Waals surface area (Å²) in [5.74, 6) is -1.79. The van der Waals surface area contributed by atoms with Crippen LogP contribution >= 0.6 is 11.8 Å². The van der Waals surface area contributed by atoms with Gasteiger partial charge >= 0.3 is 5.97 Å². The molecule has 1 unspecified atom stereocenters. The molecule has 19 heavy (non-hydrogen) atoms. The Morgan fingerprint density at radius 3 is 2.58 bits per heavy atom. The van der Waals surface area contributed by atoms with Gasteiger partial charge in [0.05, 0.1) is 6.04 Å². The number of β-lactam (4-membered cyclic amide) rings is 1. The Morgan fingerprint density at radius 2 is 2.11 bits per heavy atom. The Balaban J connectivity index is 2.15. The smallest absolute Gasteiger partial charge is 0.327 e. The highest BCUT2D eigenvalue weighted by Gasteiger charge is 2.64. The van der Waals surface area contributed by atoms with Gasteiger partial charge in [0.2, 0.25) is 11.8 Å². The monoisotopic (exact) mass is 287 g/mol. The molecular weight excluding hydrogens is 270 g/mol. The average Bonchev–Trinajstić information content (AvgIpc) is 2.54. The summed E-state index contributed by atoms with van der Waals surface area (Å²) in [6.07, 6.45) is 0. The number of nitrogens with zero attached hydrogens (tertiary/aromatic N) is 1. The lowest BCUT2D eigenvalue weighted by Crippen LogP contribution is -2.71. The SMILES string of the molecule is CC(N)C(=O)N[C@@H]1C(=O)N2[C@@H]1SC(C)(C)[C@@H]2C(=O)O. The molecule has 2 amide bonds. The quantitative estimate of drug-likeness (QED) is 0.572. The van der Waals surface area contributed by atoms with Crippen LogP contribution in [0.1, 0.15) is 20.8 Å². The number of carbonyl (C=O) groups excluding carboxylic acids is 2. The summed E-state index contributed by atoms with van der Waals surface area (Å²) < 4.78 is -0.583. The van der Waals surface area contributed by atoms with Gasteiger partial charge in [-0.3, -0.25) is 9.59 Å². The van der Waals surface area contributed by atoms with Gasteiger partial charge in [-0.25, -0.2) is 4.79 Å². The fourth-order valence-corrected chi connectivity index (χ4v) is 4.06. The van der Waals surface area contributed by atoms with Crippen molar-refractivity contribution in [2.75, 3.05) is 0 Å². The van der Waals surface area contributed by atoms with Gasteiger partial charge in [0.1, 0.15) is 17.5 Å². The third kappa shape index (κ3) is 2.08. The number of carbonyl (C=O) groups is 3. The van der Waals surface area contributed by atoms with Crippen molar-refractivity contribution in [3.05, 3.63) is 0 Å². The molecule has 2 rings (SSSR count). The molecule has 2 aliphatic heterocycles. The highest BCUT2D eigenvalue weighted by atomic mass is 32.2. The van der Waals surface area contributed by atoms with Crippen molar-refractivity contribution in [2.45, 2.75) is 49.0 Å². The number of thioether (sulfide) groups is 1. The van der Waals surface area contributed by atoms with Crippen molar-refractivity contribution in [1.29, 1.82) is 0 Å². The molecule has 0 aromatic carbocycles. The molecule has 8 heteroatoms. The van der Waals surface area contributed by atoms with E-state index in [9.17, 15) is 19.5 Å². The van der Waals surface area contributed by atoms with Gasteiger partial charge in [-0.15, -0.1) is 11.8 Å². The van der Waals surface area contributed by atoms with Crippen molar-refractivity contribution >= 4 is 29.5 Å². The second kappa shape index (κ2) is 4.38. The standard InChI is InChI=1S/C11H17N3O4S/c1-4(12)7(15)13-5-8(16)14-6(10(17)18)11(2,3)19-9(5)14/h4-6,9H,12H2,1-3H3,(H,13,15)(H,17,18)/t4?,5-,6+,9-/m1/s1. The molecule has 7 nitrogen and oxygen atoms in total. The van der Waals surface area contributed by atoms with E-state index in [-0.39, 0.29) is 11.3 Å². The minimum absolute atomic E-state index is 0.328. The first-order chi connectivity index (χ1) is 8.66. The summed E-state index contributed by atoms with van der Waals surface area (Å²) in [5.41, 5.74) is 5.44. The number of hydrogen-bond acceptors (Lipinski definition) is 5. The number of amides is 2. The zero-order valence-electron chi connectivity index (χ0n) is 10.9. The zero-order chi connectivity index (χ0) is 14.5. The van der Waals surface area contributed by atoms with E-state index in [0.29, 0.717) is 0 Å². The predicted octanol–water partition coefficient (Wildman–Crippen LogP) is -1.03. The molecule has 106 valence electrons. The van der Waals surface area contributed by atoms with Gasteiger partial charge < -0.3 is 21.1 Å². The lowest BCUT2D eigenvalue weighted by Gasteiger charge is -2.43. The predicted molar refractivity (Wildman–Crippen MR) is 69.3 cm³/mol. The normalized spacial score (nSPS) is 33.4. The maximum absolute atomic E-state index is 12.0. The fraction of sp³-hybridized carbons (Fsp3) is 0.727. The van der Waals surface area contributed by atoms with E-state index in [2.05, 4.69) is 5.32 Å². The molecule has 0 radical (unpaired) electrons. The number of carboxylic acid groups (broad SMARTS) is 1. The lowest BCUT2D eigenvalue weighted by molar-refractivity contribution is -0.161. The summed E-state index contributed by atoms with van der Waals surface area (Å²) in [5, 5.41) is 11.5.